The third kappa shape index (κ3) is 3.32. The fourth-order valence-electron chi connectivity index (χ4n) is 2.72. The van der Waals surface area contributed by atoms with Crippen LogP contribution in [0.2, 0.25) is 0 Å². The Labute approximate surface area is 140 Å². The molecule has 3 amide bonds. The van der Waals surface area contributed by atoms with E-state index >= 15 is 0 Å². The molecule has 2 aromatic rings. The van der Waals surface area contributed by atoms with Gasteiger partial charge in [0.25, 0.3) is 0 Å². The van der Waals surface area contributed by atoms with Gasteiger partial charge >= 0.3 is 6.03 Å². The van der Waals surface area contributed by atoms with E-state index in [9.17, 15) is 9.59 Å². The van der Waals surface area contributed by atoms with Crippen molar-refractivity contribution in [2.45, 2.75) is 6.04 Å². The molecule has 1 aliphatic heterocycles. The summed E-state index contributed by atoms with van der Waals surface area (Å²) in [4.78, 5) is 26.5. The molecule has 1 aliphatic rings. The molecular formula is C18H19N3O3. The minimum Gasteiger partial charge on any atom is -0.497 e. The summed E-state index contributed by atoms with van der Waals surface area (Å²) in [5, 5.41) is 5.65. The van der Waals surface area contributed by atoms with E-state index in [4.69, 9.17) is 4.74 Å². The Kier molecular flexibility index (Phi) is 4.65. The summed E-state index contributed by atoms with van der Waals surface area (Å²) in [6.07, 6.45) is 0. The van der Waals surface area contributed by atoms with Crippen LogP contribution in [0.25, 0.3) is 0 Å². The van der Waals surface area contributed by atoms with Crippen molar-refractivity contribution in [3.63, 3.8) is 0 Å². The number of para-hydroxylation sites is 1. The number of hydrogen-bond donors (Lipinski definition) is 2. The minimum absolute atomic E-state index is 0.186. The van der Waals surface area contributed by atoms with Crippen LogP contribution >= 0.6 is 0 Å². The Balaban J connectivity index is 1.83. The quantitative estimate of drug-likeness (QED) is 0.910. The van der Waals surface area contributed by atoms with Crippen molar-refractivity contribution < 1.29 is 14.3 Å². The lowest BCUT2D eigenvalue weighted by atomic mass is 10.0. The van der Waals surface area contributed by atoms with Gasteiger partial charge in [0.05, 0.1) is 7.11 Å². The lowest BCUT2D eigenvalue weighted by Gasteiger charge is -2.35. The van der Waals surface area contributed by atoms with E-state index < -0.39 is 6.04 Å². The Morgan fingerprint density at radius 1 is 1.17 bits per heavy atom. The van der Waals surface area contributed by atoms with Gasteiger partial charge in [0, 0.05) is 18.8 Å². The highest BCUT2D eigenvalue weighted by Gasteiger charge is 2.34. The monoisotopic (exact) mass is 325 g/mol. The number of urea groups is 1. The number of piperazine rings is 1. The molecule has 2 N–H and O–H groups in total. The van der Waals surface area contributed by atoms with E-state index in [1.807, 2.05) is 30.3 Å². The number of nitrogens with one attached hydrogen (secondary N) is 2. The van der Waals surface area contributed by atoms with Gasteiger partial charge in [-0.05, 0) is 29.8 Å². The normalized spacial score (nSPS) is 17.1. The summed E-state index contributed by atoms with van der Waals surface area (Å²) in [5.41, 5.74) is 1.44. The number of benzene rings is 2. The van der Waals surface area contributed by atoms with Crippen LogP contribution in [-0.4, -0.2) is 37.0 Å². The maximum Gasteiger partial charge on any atom is 0.322 e. The number of carbonyl (C=O) groups is 2. The molecule has 1 fully saturated rings. The Hall–Kier alpha value is -3.02. The van der Waals surface area contributed by atoms with E-state index in [-0.39, 0.29) is 11.9 Å². The number of rotatable bonds is 3. The maximum absolute atomic E-state index is 12.6. The molecule has 2 aromatic carbocycles. The summed E-state index contributed by atoms with van der Waals surface area (Å²) in [5.74, 6) is 0.518. The van der Waals surface area contributed by atoms with Crippen LogP contribution in [0.3, 0.4) is 0 Å². The topological polar surface area (TPSA) is 70.7 Å². The second kappa shape index (κ2) is 7.04. The zero-order valence-corrected chi connectivity index (χ0v) is 13.4. The third-order valence-electron chi connectivity index (χ3n) is 3.93. The molecule has 6 nitrogen and oxygen atoms in total. The number of ether oxygens (including phenoxy) is 1. The van der Waals surface area contributed by atoms with E-state index in [1.54, 1.807) is 36.3 Å². The fourth-order valence-corrected chi connectivity index (χ4v) is 2.72. The summed E-state index contributed by atoms with van der Waals surface area (Å²) >= 11 is 0. The number of amides is 3. The number of nitrogens with zero attached hydrogens (tertiary/aromatic N) is 1. The Morgan fingerprint density at radius 3 is 2.54 bits per heavy atom. The van der Waals surface area contributed by atoms with E-state index in [2.05, 4.69) is 10.6 Å². The second-order valence-electron chi connectivity index (χ2n) is 5.46. The van der Waals surface area contributed by atoms with Crippen molar-refractivity contribution >= 4 is 17.6 Å². The second-order valence-corrected chi connectivity index (χ2v) is 5.46. The first-order valence-electron chi connectivity index (χ1n) is 7.73. The highest BCUT2D eigenvalue weighted by Crippen LogP contribution is 2.26. The highest BCUT2D eigenvalue weighted by atomic mass is 16.5. The van der Waals surface area contributed by atoms with Crippen molar-refractivity contribution in [2.24, 2.45) is 0 Å². The largest absolute Gasteiger partial charge is 0.497 e. The Bertz CT molecular complexity index is 716. The summed E-state index contributed by atoms with van der Waals surface area (Å²) in [6.45, 7) is 0.884. The van der Waals surface area contributed by atoms with Crippen LogP contribution in [0.5, 0.6) is 5.75 Å². The minimum atomic E-state index is -0.659. The molecule has 124 valence electrons. The van der Waals surface area contributed by atoms with Gasteiger partial charge in [0.2, 0.25) is 5.91 Å². The molecule has 1 unspecified atom stereocenters. The molecule has 0 aromatic heterocycles. The van der Waals surface area contributed by atoms with Crippen molar-refractivity contribution in [2.75, 3.05) is 25.5 Å². The molecule has 3 rings (SSSR count). The summed E-state index contributed by atoms with van der Waals surface area (Å²) in [6, 6.07) is 15.4. The average Bonchev–Trinajstić information content (AvgIpc) is 2.62. The molecule has 0 bridgehead atoms. The molecule has 0 spiro atoms. The van der Waals surface area contributed by atoms with E-state index in [1.165, 1.54) is 0 Å². The van der Waals surface area contributed by atoms with Gasteiger partial charge in [0.1, 0.15) is 11.8 Å². The zero-order chi connectivity index (χ0) is 16.9. The third-order valence-corrected chi connectivity index (χ3v) is 3.93. The Morgan fingerprint density at radius 2 is 1.88 bits per heavy atom. The average molecular weight is 325 g/mol. The van der Waals surface area contributed by atoms with Crippen LogP contribution in [0.4, 0.5) is 10.5 Å². The fraction of sp³-hybridized carbons (Fsp3) is 0.222. The van der Waals surface area contributed by atoms with E-state index in [0.717, 1.165) is 5.56 Å². The van der Waals surface area contributed by atoms with Crippen LogP contribution in [-0.2, 0) is 4.79 Å². The first kappa shape index (κ1) is 15.9. The predicted octanol–water partition coefficient (Wildman–Crippen LogP) is 2.40. The van der Waals surface area contributed by atoms with Gasteiger partial charge in [-0.25, -0.2) is 4.79 Å². The van der Waals surface area contributed by atoms with Crippen LogP contribution < -0.4 is 15.4 Å². The number of hydrogen-bond acceptors (Lipinski definition) is 3. The molecule has 0 saturated carbocycles. The molecule has 1 atom stereocenters. The van der Waals surface area contributed by atoms with Gasteiger partial charge in [0.15, 0.2) is 0 Å². The van der Waals surface area contributed by atoms with Crippen LogP contribution in [0, 0.1) is 0 Å². The molecule has 0 radical (unpaired) electrons. The molecule has 24 heavy (non-hydrogen) atoms. The van der Waals surface area contributed by atoms with Crippen LogP contribution in [0.1, 0.15) is 11.6 Å². The molecule has 6 heteroatoms. The van der Waals surface area contributed by atoms with Gasteiger partial charge in [-0.15, -0.1) is 0 Å². The summed E-state index contributed by atoms with van der Waals surface area (Å²) in [7, 11) is 1.59. The van der Waals surface area contributed by atoms with E-state index in [0.29, 0.717) is 24.5 Å². The van der Waals surface area contributed by atoms with Gasteiger partial charge < -0.3 is 20.3 Å². The van der Waals surface area contributed by atoms with Crippen molar-refractivity contribution in [1.29, 1.82) is 0 Å². The first-order valence-corrected chi connectivity index (χ1v) is 7.73. The number of carbonyl (C=O) groups excluding carboxylic acids is 2. The standard InChI is InChI=1S/C18H19N3O3/c1-24-15-9-7-13(8-10-15)16-17(22)19-11-12-21(16)18(23)20-14-5-3-2-4-6-14/h2-10,16H,11-12H2,1H3,(H,19,22)(H,20,23). The van der Waals surface area contributed by atoms with Crippen molar-refractivity contribution in [1.82, 2.24) is 10.2 Å². The van der Waals surface area contributed by atoms with Gasteiger partial charge in [-0.2, -0.15) is 0 Å². The van der Waals surface area contributed by atoms with Gasteiger partial charge in [-0.1, -0.05) is 30.3 Å². The molecule has 1 heterocycles. The van der Waals surface area contributed by atoms with Gasteiger partial charge in [-0.3, -0.25) is 4.79 Å². The highest BCUT2D eigenvalue weighted by molar-refractivity contribution is 5.95. The lowest BCUT2D eigenvalue weighted by molar-refractivity contribution is -0.127. The van der Waals surface area contributed by atoms with Crippen LogP contribution in [0.15, 0.2) is 54.6 Å². The molecule has 1 saturated heterocycles. The molecular weight excluding hydrogens is 306 g/mol. The first-order chi connectivity index (χ1) is 11.7. The summed E-state index contributed by atoms with van der Waals surface area (Å²) < 4.78 is 5.14. The number of methoxy groups -OCH3 is 1. The number of anilines is 1. The van der Waals surface area contributed by atoms with Crippen molar-refractivity contribution in [3.8, 4) is 5.75 Å². The molecule has 0 aliphatic carbocycles. The van der Waals surface area contributed by atoms with Crippen molar-refractivity contribution in [3.05, 3.63) is 60.2 Å². The SMILES string of the molecule is COc1ccc(C2C(=O)NCCN2C(=O)Nc2ccccc2)cc1. The zero-order valence-electron chi connectivity index (χ0n) is 13.4. The maximum atomic E-state index is 12.6. The smallest absolute Gasteiger partial charge is 0.322 e. The predicted molar refractivity (Wildman–Crippen MR) is 90.9 cm³/mol. The lowest BCUT2D eigenvalue weighted by Crippen LogP contribution is -2.53.